The summed E-state index contributed by atoms with van der Waals surface area (Å²) in [6, 6.07) is 15.4. The SMILES string of the molecule is CCCC1=C(C(=O)OCC)[C@@H](c2ccc(OC)c(Br)c2)n2c(s/c(=C/c3cc(C)n(-c4ccc(N(C)C)cc4)c3C)c2=O)=N1. The number of benzene rings is 2. The summed E-state index contributed by atoms with van der Waals surface area (Å²) < 4.78 is 16.1. The molecule has 5 rings (SSSR count). The monoisotopic (exact) mass is 676 g/mol. The van der Waals surface area contributed by atoms with Crippen molar-refractivity contribution in [1.29, 1.82) is 0 Å². The molecule has 1 aliphatic rings. The topological polar surface area (TPSA) is 78.1 Å². The molecule has 8 nitrogen and oxygen atoms in total. The first kappa shape index (κ1) is 31.5. The van der Waals surface area contributed by atoms with Gasteiger partial charge in [-0.05, 0) is 103 Å². The smallest absolute Gasteiger partial charge is 0.338 e. The summed E-state index contributed by atoms with van der Waals surface area (Å²) in [7, 11) is 5.64. The van der Waals surface area contributed by atoms with Gasteiger partial charge in [-0.1, -0.05) is 30.7 Å². The van der Waals surface area contributed by atoms with Gasteiger partial charge in [-0.15, -0.1) is 0 Å². The minimum Gasteiger partial charge on any atom is -0.496 e. The van der Waals surface area contributed by atoms with Crippen LogP contribution in [0.3, 0.4) is 0 Å². The van der Waals surface area contributed by atoms with Crippen LogP contribution in [-0.4, -0.2) is 42.9 Å². The second kappa shape index (κ2) is 13.0. The van der Waals surface area contributed by atoms with Gasteiger partial charge in [0.25, 0.3) is 5.56 Å². The quantitative estimate of drug-likeness (QED) is 0.209. The van der Waals surface area contributed by atoms with Crippen LogP contribution in [0.5, 0.6) is 5.75 Å². The van der Waals surface area contributed by atoms with Crippen LogP contribution in [0.25, 0.3) is 11.8 Å². The number of halogens is 1. The molecule has 44 heavy (non-hydrogen) atoms. The number of allylic oxidation sites excluding steroid dienone is 1. The fraction of sp³-hybridized carbons (Fsp3) is 0.324. The zero-order chi connectivity index (χ0) is 31.7. The van der Waals surface area contributed by atoms with Gasteiger partial charge in [-0.25, -0.2) is 9.79 Å². The molecule has 0 fully saturated rings. The summed E-state index contributed by atoms with van der Waals surface area (Å²) in [5.41, 5.74) is 6.82. The molecule has 1 atom stereocenters. The Morgan fingerprint density at radius 1 is 1.11 bits per heavy atom. The molecule has 1 aliphatic heterocycles. The third-order valence-electron chi connectivity index (χ3n) is 7.76. The van der Waals surface area contributed by atoms with Crippen molar-refractivity contribution in [2.24, 2.45) is 4.99 Å². The number of anilines is 1. The number of hydrogen-bond acceptors (Lipinski definition) is 7. The number of aromatic nitrogens is 2. The average molecular weight is 678 g/mol. The lowest BCUT2D eigenvalue weighted by molar-refractivity contribution is -0.139. The molecule has 3 heterocycles. The van der Waals surface area contributed by atoms with Crippen LogP contribution in [0.4, 0.5) is 5.69 Å². The van der Waals surface area contributed by atoms with Crippen molar-refractivity contribution < 1.29 is 14.3 Å². The van der Waals surface area contributed by atoms with Crippen LogP contribution in [0.2, 0.25) is 0 Å². The molecule has 230 valence electrons. The van der Waals surface area contributed by atoms with Gasteiger partial charge in [0.05, 0.1) is 40.0 Å². The summed E-state index contributed by atoms with van der Waals surface area (Å²) in [6.45, 7) is 8.17. The molecular formula is C34H37BrN4O4S. The molecule has 0 N–H and O–H groups in total. The molecule has 0 aliphatic carbocycles. The minimum absolute atomic E-state index is 0.205. The van der Waals surface area contributed by atoms with E-state index in [1.807, 2.05) is 45.3 Å². The summed E-state index contributed by atoms with van der Waals surface area (Å²) in [6.07, 6.45) is 3.31. The number of carbonyl (C=O) groups is 1. The zero-order valence-corrected chi connectivity index (χ0v) is 28.5. The van der Waals surface area contributed by atoms with E-state index >= 15 is 0 Å². The van der Waals surface area contributed by atoms with Crippen LogP contribution in [-0.2, 0) is 9.53 Å². The maximum Gasteiger partial charge on any atom is 0.338 e. The summed E-state index contributed by atoms with van der Waals surface area (Å²) in [5.74, 6) is 0.193. The first-order chi connectivity index (χ1) is 21.1. The van der Waals surface area contributed by atoms with E-state index < -0.39 is 12.0 Å². The Balaban J connectivity index is 1.70. The molecule has 0 amide bonds. The van der Waals surface area contributed by atoms with Crippen molar-refractivity contribution in [1.82, 2.24) is 9.13 Å². The highest BCUT2D eigenvalue weighted by atomic mass is 79.9. The lowest BCUT2D eigenvalue weighted by atomic mass is 9.94. The lowest BCUT2D eigenvalue weighted by Gasteiger charge is -2.26. The molecule has 2 aromatic carbocycles. The molecule has 0 saturated carbocycles. The molecule has 4 aromatic rings. The number of hydrogen-bond donors (Lipinski definition) is 0. The molecule has 0 spiro atoms. The number of thiazole rings is 1. The van der Waals surface area contributed by atoms with Gasteiger partial charge in [0, 0.05) is 36.9 Å². The van der Waals surface area contributed by atoms with Crippen molar-refractivity contribution in [3.8, 4) is 11.4 Å². The maximum absolute atomic E-state index is 14.2. The van der Waals surface area contributed by atoms with Crippen LogP contribution in [0, 0.1) is 13.8 Å². The fourth-order valence-corrected chi connectivity index (χ4v) is 7.23. The average Bonchev–Trinajstić information content (AvgIpc) is 3.45. The van der Waals surface area contributed by atoms with Crippen LogP contribution in [0.15, 0.2) is 74.1 Å². The maximum atomic E-state index is 14.2. The van der Waals surface area contributed by atoms with E-state index in [0.717, 1.165) is 44.8 Å². The highest BCUT2D eigenvalue weighted by Crippen LogP contribution is 2.36. The van der Waals surface area contributed by atoms with E-state index in [0.29, 0.717) is 32.8 Å². The number of rotatable bonds is 9. The number of nitrogens with zero attached hydrogens (tertiary/aromatic N) is 4. The van der Waals surface area contributed by atoms with Crippen molar-refractivity contribution in [3.63, 3.8) is 0 Å². The van der Waals surface area contributed by atoms with E-state index in [4.69, 9.17) is 14.5 Å². The first-order valence-electron chi connectivity index (χ1n) is 14.6. The van der Waals surface area contributed by atoms with Crippen LogP contribution >= 0.6 is 27.3 Å². The largest absolute Gasteiger partial charge is 0.496 e. The standard InChI is InChI=1S/C34H37BrN4O4S/c1-8-10-27-30(33(41)43-9-2)31(22-11-16-28(42-7)26(35)18-22)39-32(40)29(44-34(39)36-27)19-23-17-20(3)38(21(23)4)25-14-12-24(13-15-25)37(5)6/h11-19,31H,8-10H2,1-7H3/b29-19+/t31-/m1/s1. The third kappa shape index (κ3) is 5.80. The van der Waals surface area contributed by atoms with Crippen molar-refractivity contribution >= 4 is 45.0 Å². The van der Waals surface area contributed by atoms with Gasteiger partial charge in [0.1, 0.15) is 5.75 Å². The predicted octanol–water partition coefficient (Wildman–Crippen LogP) is 5.82. The highest BCUT2D eigenvalue weighted by Gasteiger charge is 2.34. The van der Waals surface area contributed by atoms with Crippen molar-refractivity contribution in [2.75, 3.05) is 32.7 Å². The number of ether oxygens (including phenoxy) is 2. The second-order valence-corrected chi connectivity index (χ2v) is 12.7. The number of esters is 1. The van der Waals surface area contributed by atoms with Crippen LogP contribution in [0.1, 0.15) is 55.2 Å². The van der Waals surface area contributed by atoms with Gasteiger partial charge in [0.2, 0.25) is 0 Å². The Labute approximate surface area is 269 Å². The Kier molecular flexibility index (Phi) is 9.31. The van der Waals surface area contributed by atoms with Gasteiger partial charge in [-0.2, -0.15) is 0 Å². The second-order valence-electron chi connectivity index (χ2n) is 10.9. The molecule has 2 aromatic heterocycles. The first-order valence-corrected chi connectivity index (χ1v) is 16.2. The number of carbonyl (C=O) groups excluding carboxylic acids is 1. The van der Waals surface area contributed by atoms with Gasteiger partial charge in [0.15, 0.2) is 4.80 Å². The Morgan fingerprint density at radius 3 is 2.45 bits per heavy atom. The van der Waals surface area contributed by atoms with E-state index in [-0.39, 0.29) is 12.2 Å². The predicted molar refractivity (Wildman–Crippen MR) is 180 cm³/mol. The fourth-order valence-electron chi connectivity index (χ4n) is 5.66. The van der Waals surface area contributed by atoms with E-state index in [1.54, 1.807) is 18.6 Å². The molecule has 10 heteroatoms. The van der Waals surface area contributed by atoms with Crippen LogP contribution < -0.4 is 24.5 Å². The Bertz CT molecular complexity index is 1930. The van der Waals surface area contributed by atoms with Crippen molar-refractivity contribution in [2.45, 2.75) is 46.6 Å². The minimum atomic E-state index is -0.696. The molecule has 0 saturated heterocycles. The summed E-state index contributed by atoms with van der Waals surface area (Å²) in [4.78, 5) is 35.2. The van der Waals surface area contributed by atoms with Gasteiger partial charge in [-0.3, -0.25) is 9.36 Å². The third-order valence-corrected chi connectivity index (χ3v) is 9.37. The number of fused-ring (bicyclic) bond motifs is 1. The Morgan fingerprint density at radius 2 is 1.84 bits per heavy atom. The summed E-state index contributed by atoms with van der Waals surface area (Å²) in [5, 5.41) is 0. The molecule has 0 radical (unpaired) electrons. The van der Waals surface area contributed by atoms with E-state index in [9.17, 15) is 9.59 Å². The molecule has 0 unspecified atom stereocenters. The van der Waals surface area contributed by atoms with Crippen molar-refractivity contribution in [3.05, 3.63) is 106 Å². The highest BCUT2D eigenvalue weighted by molar-refractivity contribution is 9.10. The van der Waals surface area contributed by atoms with E-state index in [2.05, 4.69) is 69.6 Å². The number of aryl methyl sites for hydroxylation is 1. The zero-order valence-electron chi connectivity index (χ0n) is 26.1. The van der Waals surface area contributed by atoms with E-state index in [1.165, 1.54) is 11.3 Å². The Hall–Kier alpha value is -3.89. The van der Waals surface area contributed by atoms with Gasteiger partial charge >= 0.3 is 5.97 Å². The molecular weight excluding hydrogens is 640 g/mol. The molecule has 0 bridgehead atoms. The number of methoxy groups -OCH3 is 1. The summed E-state index contributed by atoms with van der Waals surface area (Å²) >= 11 is 4.93. The lowest BCUT2D eigenvalue weighted by Crippen LogP contribution is -2.40. The van der Waals surface area contributed by atoms with Gasteiger partial charge < -0.3 is 18.9 Å². The normalized spacial score (nSPS) is 14.8.